The lowest BCUT2D eigenvalue weighted by atomic mass is 10.0. The van der Waals surface area contributed by atoms with Crippen LogP contribution in [0.4, 0.5) is 5.69 Å². The number of aromatic nitrogens is 2. The quantitative estimate of drug-likeness (QED) is 0.412. The van der Waals surface area contributed by atoms with Crippen molar-refractivity contribution in [3.05, 3.63) is 75.9 Å². The van der Waals surface area contributed by atoms with Crippen LogP contribution >= 0.6 is 22.9 Å². The van der Waals surface area contributed by atoms with Gasteiger partial charge in [0.1, 0.15) is 0 Å². The average Bonchev–Trinajstić information content (AvgIpc) is 3.31. The molecule has 29 heavy (non-hydrogen) atoms. The van der Waals surface area contributed by atoms with Gasteiger partial charge in [0.05, 0.1) is 12.1 Å². The minimum atomic E-state index is -0.0497. The molecule has 6 heteroatoms. The lowest BCUT2D eigenvalue weighted by Gasteiger charge is -2.16. The number of benzene rings is 2. The van der Waals surface area contributed by atoms with E-state index < -0.39 is 0 Å². The van der Waals surface area contributed by atoms with Gasteiger partial charge in [-0.1, -0.05) is 61.8 Å². The average molecular weight is 424 g/mol. The number of anilines is 1. The van der Waals surface area contributed by atoms with Crippen LogP contribution < -0.4 is 5.32 Å². The number of carbonyl (C=O) groups is 1. The monoisotopic (exact) mass is 423 g/mol. The van der Waals surface area contributed by atoms with Gasteiger partial charge >= 0.3 is 0 Å². The zero-order valence-electron chi connectivity index (χ0n) is 16.4. The van der Waals surface area contributed by atoms with Gasteiger partial charge in [-0.15, -0.1) is 11.3 Å². The maximum Gasteiger partial charge on any atom is 0.230 e. The summed E-state index contributed by atoms with van der Waals surface area (Å²) in [5.74, 6) is -0.0497. The molecule has 0 radical (unpaired) electrons. The van der Waals surface area contributed by atoms with E-state index in [1.165, 1.54) is 0 Å². The molecule has 2 aromatic carbocycles. The molecule has 0 aliphatic rings. The zero-order valence-corrected chi connectivity index (χ0v) is 18.0. The van der Waals surface area contributed by atoms with Gasteiger partial charge in [-0.05, 0) is 30.0 Å². The molecule has 4 nitrogen and oxygen atoms in total. The van der Waals surface area contributed by atoms with E-state index in [2.05, 4.69) is 19.2 Å². The molecule has 0 saturated carbocycles. The first-order valence-corrected chi connectivity index (χ1v) is 11.0. The van der Waals surface area contributed by atoms with Crippen LogP contribution in [0.15, 0.2) is 54.0 Å². The van der Waals surface area contributed by atoms with Crippen molar-refractivity contribution in [2.24, 2.45) is 0 Å². The van der Waals surface area contributed by atoms with Crippen LogP contribution in [0.3, 0.4) is 0 Å². The van der Waals surface area contributed by atoms with Gasteiger partial charge in [-0.2, -0.15) is 0 Å². The number of rotatable bonds is 6. The Bertz CT molecular complexity index is 1160. The molecular weight excluding hydrogens is 402 g/mol. The van der Waals surface area contributed by atoms with Crippen molar-refractivity contribution in [2.45, 2.75) is 33.1 Å². The summed E-state index contributed by atoms with van der Waals surface area (Å²) in [6.45, 7) is 4.13. The predicted octanol–water partition coefficient (Wildman–Crippen LogP) is 6.02. The van der Waals surface area contributed by atoms with Gasteiger partial charge in [-0.3, -0.25) is 9.20 Å². The topological polar surface area (TPSA) is 46.4 Å². The number of fused-ring (bicyclic) bond motifs is 1. The second kappa shape index (κ2) is 8.39. The minimum absolute atomic E-state index is 0.0497. The van der Waals surface area contributed by atoms with Gasteiger partial charge in [0.15, 0.2) is 4.96 Å². The molecule has 0 saturated heterocycles. The summed E-state index contributed by atoms with van der Waals surface area (Å²) in [4.78, 5) is 18.4. The lowest BCUT2D eigenvalue weighted by molar-refractivity contribution is -0.115. The summed E-state index contributed by atoms with van der Waals surface area (Å²) < 4.78 is 2.01. The Kier molecular flexibility index (Phi) is 5.69. The highest BCUT2D eigenvalue weighted by molar-refractivity contribution is 7.15. The van der Waals surface area contributed by atoms with E-state index in [0.29, 0.717) is 5.02 Å². The van der Waals surface area contributed by atoms with Crippen LogP contribution in [-0.2, 0) is 24.1 Å². The number of imidazole rings is 1. The number of halogens is 1. The Morgan fingerprint density at radius 1 is 1.14 bits per heavy atom. The van der Waals surface area contributed by atoms with Crippen molar-refractivity contribution < 1.29 is 4.79 Å². The van der Waals surface area contributed by atoms with E-state index in [0.717, 1.165) is 51.6 Å². The van der Waals surface area contributed by atoms with Crippen molar-refractivity contribution in [3.8, 4) is 11.3 Å². The Morgan fingerprint density at radius 3 is 2.66 bits per heavy atom. The number of amides is 1. The maximum atomic E-state index is 12.9. The molecule has 0 unspecified atom stereocenters. The first kappa shape index (κ1) is 19.7. The third-order valence-electron chi connectivity index (χ3n) is 5.04. The van der Waals surface area contributed by atoms with Crippen LogP contribution in [-0.4, -0.2) is 15.3 Å². The fourth-order valence-electron chi connectivity index (χ4n) is 3.52. The largest absolute Gasteiger partial charge is 0.325 e. The van der Waals surface area contributed by atoms with Gasteiger partial charge in [-0.25, -0.2) is 4.98 Å². The first-order chi connectivity index (χ1) is 14.1. The Labute approximate surface area is 179 Å². The van der Waals surface area contributed by atoms with Gasteiger partial charge in [0.25, 0.3) is 0 Å². The smallest absolute Gasteiger partial charge is 0.230 e. The Balaban J connectivity index is 1.59. The number of nitrogens with zero attached hydrogens (tertiary/aromatic N) is 2. The van der Waals surface area contributed by atoms with Crippen LogP contribution in [0.1, 0.15) is 30.7 Å². The number of hydrogen-bond acceptors (Lipinski definition) is 3. The van der Waals surface area contributed by atoms with E-state index in [1.54, 1.807) is 11.3 Å². The zero-order chi connectivity index (χ0) is 20.4. The SMILES string of the molecule is CCc1ccc(Cl)c(CC)c1NC(=O)Cc1csc2nc(-c3ccccc3)cn12. The minimum Gasteiger partial charge on any atom is -0.325 e. The third kappa shape index (κ3) is 3.93. The fourth-order valence-corrected chi connectivity index (χ4v) is 4.68. The van der Waals surface area contributed by atoms with Crippen LogP contribution in [0, 0.1) is 0 Å². The lowest BCUT2D eigenvalue weighted by Crippen LogP contribution is -2.17. The highest BCUT2D eigenvalue weighted by Crippen LogP contribution is 2.30. The first-order valence-electron chi connectivity index (χ1n) is 9.71. The summed E-state index contributed by atoms with van der Waals surface area (Å²) >= 11 is 7.91. The van der Waals surface area contributed by atoms with E-state index in [-0.39, 0.29) is 12.3 Å². The molecule has 1 N–H and O–H groups in total. The molecular formula is C23H22ClN3OS. The van der Waals surface area contributed by atoms with Crippen LogP contribution in [0.25, 0.3) is 16.2 Å². The van der Waals surface area contributed by atoms with Crippen molar-refractivity contribution in [1.29, 1.82) is 0 Å². The normalized spacial score (nSPS) is 11.1. The molecule has 0 aliphatic carbocycles. The summed E-state index contributed by atoms with van der Waals surface area (Å²) in [5.41, 5.74) is 5.85. The molecule has 4 aromatic rings. The van der Waals surface area contributed by atoms with E-state index >= 15 is 0 Å². The van der Waals surface area contributed by atoms with Gasteiger partial charge < -0.3 is 5.32 Å². The summed E-state index contributed by atoms with van der Waals surface area (Å²) in [6.07, 6.45) is 3.89. The highest BCUT2D eigenvalue weighted by atomic mass is 35.5. The number of hydrogen-bond donors (Lipinski definition) is 1. The van der Waals surface area contributed by atoms with Gasteiger partial charge in [0, 0.05) is 33.5 Å². The molecule has 2 aromatic heterocycles. The molecule has 0 atom stereocenters. The Hall–Kier alpha value is -2.63. The maximum absolute atomic E-state index is 12.9. The van der Waals surface area contributed by atoms with Gasteiger partial charge in [0.2, 0.25) is 5.91 Å². The molecule has 148 valence electrons. The second-order valence-electron chi connectivity index (χ2n) is 6.86. The van der Waals surface area contributed by atoms with Crippen LogP contribution in [0.5, 0.6) is 0 Å². The second-order valence-corrected chi connectivity index (χ2v) is 8.11. The van der Waals surface area contributed by atoms with Crippen molar-refractivity contribution in [3.63, 3.8) is 0 Å². The molecule has 0 aliphatic heterocycles. The molecule has 4 rings (SSSR count). The van der Waals surface area contributed by atoms with E-state index in [4.69, 9.17) is 16.6 Å². The molecule has 1 amide bonds. The third-order valence-corrected chi connectivity index (χ3v) is 6.28. The summed E-state index contributed by atoms with van der Waals surface area (Å²) in [7, 11) is 0. The van der Waals surface area contributed by atoms with E-state index in [9.17, 15) is 4.79 Å². The molecule has 0 fully saturated rings. The van der Waals surface area contributed by atoms with Crippen molar-refractivity contribution >= 4 is 39.5 Å². The van der Waals surface area contributed by atoms with Crippen molar-refractivity contribution in [1.82, 2.24) is 9.38 Å². The fraction of sp³-hybridized carbons (Fsp3) is 0.217. The molecule has 0 bridgehead atoms. The predicted molar refractivity (Wildman–Crippen MR) is 121 cm³/mol. The number of carbonyl (C=O) groups excluding carboxylic acids is 1. The Morgan fingerprint density at radius 2 is 1.93 bits per heavy atom. The molecule has 2 heterocycles. The molecule has 0 spiro atoms. The summed E-state index contributed by atoms with van der Waals surface area (Å²) in [6, 6.07) is 14.0. The standard InChI is InChI=1S/C23H22ClN3OS/c1-3-15-10-11-19(24)18(4-2)22(15)26-21(28)12-17-14-29-23-25-20(13-27(17)23)16-8-6-5-7-9-16/h5-11,13-14H,3-4,12H2,1-2H3,(H,26,28). The highest BCUT2D eigenvalue weighted by Gasteiger charge is 2.16. The van der Waals surface area contributed by atoms with Crippen molar-refractivity contribution in [2.75, 3.05) is 5.32 Å². The van der Waals surface area contributed by atoms with E-state index in [1.807, 2.05) is 58.4 Å². The van der Waals surface area contributed by atoms with Crippen LogP contribution in [0.2, 0.25) is 5.02 Å². The number of aryl methyl sites for hydroxylation is 1. The number of nitrogens with one attached hydrogen (secondary N) is 1. The number of thiazole rings is 1. The summed E-state index contributed by atoms with van der Waals surface area (Å²) in [5, 5.41) is 5.80.